The molecule has 1 aliphatic heterocycles. The maximum Gasteiger partial charge on any atom is 0.264 e. The third kappa shape index (κ3) is 3.84. The highest BCUT2D eigenvalue weighted by Gasteiger charge is 2.33. The van der Waals surface area contributed by atoms with Gasteiger partial charge >= 0.3 is 0 Å². The Morgan fingerprint density at radius 2 is 1.74 bits per heavy atom. The number of piperazine rings is 1. The largest absolute Gasteiger partial charge is 0.339 e. The Balaban J connectivity index is 0.00000210. The highest BCUT2D eigenvalue weighted by atomic mass is 35.5. The van der Waals surface area contributed by atoms with E-state index < -0.39 is 0 Å². The average molecular weight is 408 g/mol. The predicted molar refractivity (Wildman–Crippen MR) is 112 cm³/mol. The first-order chi connectivity index (χ1) is 12.5. The van der Waals surface area contributed by atoms with E-state index in [4.69, 9.17) is 5.73 Å². The number of hydrogen-bond donors (Lipinski definition) is 1. The van der Waals surface area contributed by atoms with Crippen molar-refractivity contribution < 1.29 is 9.59 Å². The maximum absolute atomic E-state index is 13.0. The number of halogens is 1. The van der Waals surface area contributed by atoms with E-state index in [9.17, 15) is 9.59 Å². The highest BCUT2D eigenvalue weighted by Crippen LogP contribution is 2.32. The van der Waals surface area contributed by atoms with Crippen molar-refractivity contribution in [3.05, 3.63) is 34.7 Å². The first-order valence-corrected chi connectivity index (χ1v) is 10.2. The van der Waals surface area contributed by atoms with E-state index in [1.807, 2.05) is 28.9 Å². The van der Waals surface area contributed by atoms with Gasteiger partial charge < -0.3 is 15.5 Å². The van der Waals surface area contributed by atoms with Gasteiger partial charge in [-0.25, -0.2) is 0 Å². The molecule has 2 atom stereocenters. The van der Waals surface area contributed by atoms with E-state index in [-0.39, 0.29) is 36.2 Å². The summed E-state index contributed by atoms with van der Waals surface area (Å²) < 4.78 is 1.15. The van der Waals surface area contributed by atoms with E-state index in [0.29, 0.717) is 26.2 Å². The Hall–Kier alpha value is -1.63. The fraction of sp³-hybridized carbons (Fsp3) is 0.500. The molecule has 0 radical (unpaired) electrons. The molecule has 1 saturated heterocycles. The number of carbonyl (C=O) groups is 2. The molecule has 27 heavy (non-hydrogen) atoms. The highest BCUT2D eigenvalue weighted by molar-refractivity contribution is 7.21. The molecule has 5 nitrogen and oxygen atoms in total. The minimum Gasteiger partial charge on any atom is -0.339 e. The summed E-state index contributed by atoms with van der Waals surface area (Å²) in [6.45, 7) is 4.49. The number of amides is 2. The smallest absolute Gasteiger partial charge is 0.264 e. The first kappa shape index (κ1) is 20.1. The summed E-state index contributed by atoms with van der Waals surface area (Å²) in [6.07, 6.45) is 2.65. The second kappa shape index (κ2) is 8.17. The molecule has 1 aromatic carbocycles. The molecule has 2 aliphatic rings. The average Bonchev–Trinajstić information content (AvgIpc) is 3.25. The quantitative estimate of drug-likeness (QED) is 0.831. The molecular weight excluding hydrogens is 382 g/mol. The first-order valence-electron chi connectivity index (χ1n) is 9.36. The van der Waals surface area contributed by atoms with Crippen molar-refractivity contribution in [2.75, 3.05) is 26.2 Å². The minimum atomic E-state index is 0. The summed E-state index contributed by atoms with van der Waals surface area (Å²) in [5, 5.41) is 1.16. The molecule has 2 heterocycles. The summed E-state index contributed by atoms with van der Waals surface area (Å²) in [7, 11) is 0. The summed E-state index contributed by atoms with van der Waals surface area (Å²) in [4.78, 5) is 30.3. The van der Waals surface area contributed by atoms with Gasteiger partial charge in [0, 0.05) is 42.8 Å². The molecule has 146 valence electrons. The molecule has 2 fully saturated rings. The van der Waals surface area contributed by atoms with Crippen LogP contribution in [0.2, 0.25) is 0 Å². The van der Waals surface area contributed by atoms with Gasteiger partial charge in [0.25, 0.3) is 5.91 Å². The van der Waals surface area contributed by atoms with Gasteiger partial charge in [-0.3, -0.25) is 9.59 Å². The van der Waals surface area contributed by atoms with Crippen LogP contribution in [0.5, 0.6) is 0 Å². The molecule has 2 N–H and O–H groups in total. The summed E-state index contributed by atoms with van der Waals surface area (Å²) in [5.74, 6) is 0.402. The van der Waals surface area contributed by atoms with Gasteiger partial charge in [-0.1, -0.05) is 18.2 Å². The molecule has 1 aromatic heterocycles. The van der Waals surface area contributed by atoms with Crippen LogP contribution in [-0.4, -0.2) is 53.8 Å². The molecule has 7 heteroatoms. The molecule has 1 aliphatic carbocycles. The molecular formula is C20H26ClN3O2S. The molecule has 0 bridgehead atoms. The van der Waals surface area contributed by atoms with Crippen LogP contribution in [0, 0.1) is 12.8 Å². The number of carbonyl (C=O) groups excluding carboxylic acids is 2. The van der Waals surface area contributed by atoms with Crippen LogP contribution in [0.1, 0.15) is 34.5 Å². The zero-order valence-corrected chi connectivity index (χ0v) is 17.2. The number of hydrogen-bond acceptors (Lipinski definition) is 4. The lowest BCUT2D eigenvalue weighted by Gasteiger charge is -2.36. The lowest BCUT2D eigenvalue weighted by atomic mass is 10.1. The van der Waals surface area contributed by atoms with Crippen LogP contribution in [0.25, 0.3) is 10.1 Å². The van der Waals surface area contributed by atoms with Gasteiger partial charge in [0.05, 0.1) is 4.88 Å². The number of nitrogens with zero attached hydrogens (tertiary/aromatic N) is 2. The third-order valence-corrected chi connectivity index (χ3v) is 7.00. The van der Waals surface area contributed by atoms with Crippen molar-refractivity contribution in [3.8, 4) is 0 Å². The maximum atomic E-state index is 13.0. The molecule has 0 spiro atoms. The normalized spacial score (nSPS) is 22.7. The fourth-order valence-electron chi connectivity index (χ4n) is 4.15. The zero-order valence-electron chi connectivity index (χ0n) is 15.5. The van der Waals surface area contributed by atoms with Crippen molar-refractivity contribution in [3.63, 3.8) is 0 Å². The van der Waals surface area contributed by atoms with Gasteiger partial charge in [0.1, 0.15) is 0 Å². The van der Waals surface area contributed by atoms with Crippen molar-refractivity contribution in [1.82, 2.24) is 9.80 Å². The van der Waals surface area contributed by atoms with Crippen molar-refractivity contribution >= 4 is 45.6 Å². The van der Waals surface area contributed by atoms with E-state index in [1.165, 1.54) is 0 Å². The monoisotopic (exact) mass is 407 g/mol. The molecule has 2 amide bonds. The topological polar surface area (TPSA) is 66.6 Å². The van der Waals surface area contributed by atoms with Gasteiger partial charge in [-0.05, 0) is 43.2 Å². The van der Waals surface area contributed by atoms with Gasteiger partial charge in [0.2, 0.25) is 5.91 Å². The zero-order chi connectivity index (χ0) is 18.3. The molecule has 1 saturated carbocycles. The van der Waals surface area contributed by atoms with Gasteiger partial charge in [-0.15, -0.1) is 23.7 Å². The van der Waals surface area contributed by atoms with Gasteiger partial charge in [0.15, 0.2) is 0 Å². The summed E-state index contributed by atoms with van der Waals surface area (Å²) in [6, 6.07) is 8.32. The van der Waals surface area contributed by atoms with E-state index in [1.54, 1.807) is 11.3 Å². The standard InChI is InChI=1S/C20H25N3O2S.ClH/c1-13-16-4-2-3-5-17(16)26-18(13)20(25)23-10-8-22(9-11-23)19(24)14-6-7-15(21)12-14;/h2-5,14-15H,6-12,21H2,1H3;1H. The Bertz CT molecular complexity index is 845. The molecule has 2 aromatic rings. The number of aryl methyl sites for hydroxylation is 1. The summed E-state index contributed by atoms with van der Waals surface area (Å²) >= 11 is 1.57. The second-order valence-electron chi connectivity index (χ2n) is 7.44. The lowest BCUT2D eigenvalue weighted by molar-refractivity contribution is -0.136. The van der Waals surface area contributed by atoms with Crippen LogP contribution in [0.4, 0.5) is 0 Å². The number of nitrogens with two attached hydrogens (primary N) is 1. The fourth-order valence-corrected chi connectivity index (χ4v) is 5.33. The number of thiophene rings is 1. The van der Waals surface area contributed by atoms with Crippen molar-refractivity contribution in [2.24, 2.45) is 11.7 Å². The predicted octanol–water partition coefficient (Wildman–Crippen LogP) is 3.04. The summed E-state index contributed by atoms with van der Waals surface area (Å²) in [5.41, 5.74) is 7.01. The van der Waals surface area contributed by atoms with Crippen LogP contribution < -0.4 is 5.73 Å². The second-order valence-corrected chi connectivity index (χ2v) is 8.49. The number of benzene rings is 1. The van der Waals surface area contributed by atoms with Crippen LogP contribution >= 0.6 is 23.7 Å². The Kier molecular flexibility index (Phi) is 6.08. The van der Waals surface area contributed by atoms with Crippen LogP contribution in [0.15, 0.2) is 24.3 Å². The van der Waals surface area contributed by atoms with Crippen molar-refractivity contribution in [1.29, 1.82) is 0 Å². The van der Waals surface area contributed by atoms with Crippen molar-refractivity contribution in [2.45, 2.75) is 32.2 Å². The Morgan fingerprint density at radius 1 is 1.07 bits per heavy atom. The third-order valence-electron chi connectivity index (χ3n) is 5.74. The Morgan fingerprint density at radius 3 is 2.37 bits per heavy atom. The number of rotatable bonds is 2. The van der Waals surface area contributed by atoms with Crippen LogP contribution in [-0.2, 0) is 4.79 Å². The molecule has 4 rings (SSSR count). The van der Waals surface area contributed by atoms with Crippen LogP contribution in [0.3, 0.4) is 0 Å². The van der Waals surface area contributed by atoms with Gasteiger partial charge in [-0.2, -0.15) is 0 Å². The van der Waals surface area contributed by atoms with E-state index in [0.717, 1.165) is 39.8 Å². The Labute approximate surface area is 169 Å². The van der Waals surface area contributed by atoms with E-state index >= 15 is 0 Å². The minimum absolute atomic E-state index is 0. The lowest BCUT2D eigenvalue weighted by Crippen LogP contribution is -2.51. The molecule has 2 unspecified atom stereocenters. The SMILES string of the molecule is Cc1c(C(=O)N2CCN(C(=O)C3CCC(N)C3)CC2)sc2ccccc12.Cl. The van der Waals surface area contributed by atoms with E-state index in [2.05, 4.69) is 12.1 Å². The number of fused-ring (bicyclic) bond motifs is 1.